The van der Waals surface area contributed by atoms with E-state index in [1.807, 2.05) is 5.57 Å². The Morgan fingerprint density at radius 2 is 1.83 bits per heavy atom. The van der Waals surface area contributed by atoms with Crippen LogP contribution in [0.25, 0.3) is 0 Å². The van der Waals surface area contributed by atoms with Gasteiger partial charge >= 0.3 is 0 Å². The molecule has 0 nitrogen and oxygen atoms in total. The van der Waals surface area contributed by atoms with Crippen LogP contribution in [-0.4, -0.2) is 0 Å². The van der Waals surface area contributed by atoms with Crippen LogP contribution in [0, 0.1) is 39.9 Å². The minimum Gasteiger partial charge on any atom is -0.0811 e. The highest BCUT2D eigenvalue weighted by Crippen LogP contribution is 2.66. The molecule has 0 spiro atoms. The lowest BCUT2D eigenvalue weighted by atomic mass is 9.46. The average Bonchev–Trinajstić information content (AvgIpc) is 2.93. The van der Waals surface area contributed by atoms with E-state index in [1.54, 1.807) is 0 Å². The first-order chi connectivity index (χ1) is 10.8. The summed E-state index contributed by atoms with van der Waals surface area (Å²) in [5, 5.41) is 0. The first-order valence-electron chi connectivity index (χ1n) is 10.5. The van der Waals surface area contributed by atoms with Gasteiger partial charge in [0.05, 0.1) is 0 Å². The van der Waals surface area contributed by atoms with Crippen LogP contribution in [0.3, 0.4) is 0 Å². The molecule has 3 saturated carbocycles. The van der Waals surface area contributed by atoms with Crippen LogP contribution < -0.4 is 0 Å². The third-order valence-electron chi connectivity index (χ3n) is 9.66. The highest BCUT2D eigenvalue weighted by Gasteiger charge is 2.57. The molecular weight excluding hydrogens is 276 g/mol. The summed E-state index contributed by atoms with van der Waals surface area (Å²) in [6.45, 7) is 12.8. The molecule has 0 aromatic carbocycles. The van der Waals surface area contributed by atoms with Gasteiger partial charge in [-0.05, 0) is 84.9 Å². The van der Waals surface area contributed by atoms with E-state index < -0.39 is 0 Å². The van der Waals surface area contributed by atoms with Gasteiger partial charge in [0.2, 0.25) is 0 Å². The molecule has 0 heteroatoms. The fourth-order valence-corrected chi connectivity index (χ4v) is 7.41. The van der Waals surface area contributed by atoms with Crippen molar-refractivity contribution in [3.8, 4) is 0 Å². The Morgan fingerprint density at radius 3 is 2.57 bits per heavy atom. The Morgan fingerprint density at radius 1 is 1.04 bits per heavy atom. The van der Waals surface area contributed by atoms with E-state index in [1.165, 1.54) is 57.8 Å². The Bertz CT molecular complexity index is 516. The molecule has 3 fully saturated rings. The van der Waals surface area contributed by atoms with Gasteiger partial charge in [-0.3, -0.25) is 0 Å². The molecule has 7 unspecified atom stereocenters. The predicted octanol–water partition coefficient (Wildman–Crippen LogP) is 7.00. The molecule has 0 aliphatic heterocycles. The van der Waals surface area contributed by atoms with Gasteiger partial charge in [0, 0.05) is 0 Å². The van der Waals surface area contributed by atoms with Crippen LogP contribution in [-0.2, 0) is 0 Å². The zero-order chi connectivity index (χ0) is 16.5. The number of fused-ring (bicyclic) bond motifs is 5. The largest absolute Gasteiger partial charge is 0.0811 e. The number of allylic oxidation sites excluding steroid dienone is 2. The summed E-state index contributed by atoms with van der Waals surface area (Å²) >= 11 is 0. The lowest BCUT2D eigenvalue weighted by molar-refractivity contribution is -0.0122. The van der Waals surface area contributed by atoms with Crippen molar-refractivity contribution in [1.82, 2.24) is 0 Å². The Labute approximate surface area is 144 Å². The number of hydrogen-bond acceptors (Lipinski definition) is 0. The van der Waals surface area contributed by atoms with Crippen LogP contribution in [0.2, 0.25) is 0 Å². The molecule has 0 bridgehead atoms. The second-order valence-corrected chi connectivity index (χ2v) is 10.6. The minimum atomic E-state index is 0.537. The zero-order valence-electron chi connectivity index (χ0n) is 16.3. The summed E-state index contributed by atoms with van der Waals surface area (Å²) < 4.78 is 0. The molecule has 0 radical (unpaired) electrons. The van der Waals surface area contributed by atoms with Crippen molar-refractivity contribution >= 4 is 0 Å². The molecule has 7 atom stereocenters. The quantitative estimate of drug-likeness (QED) is 0.457. The lowest BCUT2D eigenvalue weighted by Crippen LogP contribution is -2.50. The van der Waals surface area contributed by atoms with Crippen LogP contribution in [0.4, 0.5) is 0 Å². The predicted molar refractivity (Wildman–Crippen MR) is 99.3 cm³/mol. The fraction of sp³-hybridized carbons (Fsp3) is 0.913. The summed E-state index contributed by atoms with van der Waals surface area (Å²) in [5.41, 5.74) is 3.71. The van der Waals surface area contributed by atoms with Gasteiger partial charge in [0.15, 0.2) is 0 Å². The molecule has 0 aromatic heterocycles. The van der Waals surface area contributed by atoms with E-state index in [4.69, 9.17) is 0 Å². The average molecular weight is 315 g/mol. The second kappa shape index (κ2) is 5.12. The highest BCUT2D eigenvalue weighted by molar-refractivity contribution is 5.30. The van der Waals surface area contributed by atoms with Gasteiger partial charge in [0.25, 0.3) is 0 Å². The Balaban J connectivity index is 1.70. The van der Waals surface area contributed by atoms with Gasteiger partial charge in [0.1, 0.15) is 0 Å². The highest BCUT2D eigenvalue weighted by atomic mass is 14.6. The van der Waals surface area contributed by atoms with Gasteiger partial charge in [-0.1, -0.05) is 59.1 Å². The maximum Gasteiger partial charge on any atom is -0.00848 e. The molecule has 23 heavy (non-hydrogen) atoms. The molecule has 4 rings (SSSR count). The van der Waals surface area contributed by atoms with Gasteiger partial charge in [-0.15, -0.1) is 0 Å². The number of hydrogen-bond donors (Lipinski definition) is 0. The van der Waals surface area contributed by atoms with E-state index in [-0.39, 0.29) is 0 Å². The lowest BCUT2D eigenvalue weighted by Gasteiger charge is -2.59. The summed E-state index contributed by atoms with van der Waals surface area (Å²) in [4.78, 5) is 0. The summed E-state index contributed by atoms with van der Waals surface area (Å²) in [7, 11) is 0. The van der Waals surface area contributed by atoms with E-state index in [2.05, 4.69) is 40.7 Å². The maximum absolute atomic E-state index is 2.80. The smallest absolute Gasteiger partial charge is 0.00848 e. The normalized spacial score (nSPS) is 55.6. The van der Waals surface area contributed by atoms with Crippen LogP contribution in [0.15, 0.2) is 11.6 Å². The fourth-order valence-electron chi connectivity index (χ4n) is 7.41. The van der Waals surface area contributed by atoms with Crippen molar-refractivity contribution in [2.24, 2.45) is 39.9 Å². The number of rotatable bonds is 1. The summed E-state index contributed by atoms with van der Waals surface area (Å²) in [5.74, 6) is 3.69. The van der Waals surface area contributed by atoms with E-state index in [0.717, 1.165) is 23.7 Å². The molecule has 0 heterocycles. The van der Waals surface area contributed by atoms with Crippen molar-refractivity contribution in [3.63, 3.8) is 0 Å². The third-order valence-corrected chi connectivity index (χ3v) is 9.66. The first-order valence-corrected chi connectivity index (χ1v) is 10.5. The topological polar surface area (TPSA) is 0 Å². The first kappa shape index (κ1) is 16.2. The van der Waals surface area contributed by atoms with Crippen molar-refractivity contribution in [2.45, 2.75) is 92.4 Å². The maximum atomic E-state index is 2.80. The Kier molecular flexibility index (Phi) is 3.61. The van der Waals surface area contributed by atoms with E-state index in [0.29, 0.717) is 16.2 Å². The summed E-state index contributed by atoms with van der Waals surface area (Å²) in [6, 6.07) is 0. The molecule has 4 aliphatic rings. The molecule has 0 aromatic rings. The molecule has 0 amide bonds. The van der Waals surface area contributed by atoms with Crippen molar-refractivity contribution in [1.29, 1.82) is 0 Å². The standard InChI is InChI=1S/C23H38/c1-6-21(3)12-13-23(5)17(15-21)9-10-18-19-8-7-11-22(19,4)16(2)14-20(18)23/h14,16-19H,6-13,15H2,1-5H3. The van der Waals surface area contributed by atoms with Crippen molar-refractivity contribution in [3.05, 3.63) is 11.6 Å². The minimum absolute atomic E-state index is 0.537. The molecular formula is C23H38. The molecule has 130 valence electrons. The Hall–Kier alpha value is -0.260. The van der Waals surface area contributed by atoms with Crippen LogP contribution in [0.1, 0.15) is 92.4 Å². The van der Waals surface area contributed by atoms with Gasteiger partial charge in [-0.25, -0.2) is 0 Å². The van der Waals surface area contributed by atoms with Gasteiger partial charge < -0.3 is 0 Å². The van der Waals surface area contributed by atoms with Crippen LogP contribution >= 0.6 is 0 Å². The molecule has 0 saturated heterocycles. The van der Waals surface area contributed by atoms with Gasteiger partial charge in [-0.2, -0.15) is 0 Å². The van der Waals surface area contributed by atoms with E-state index in [9.17, 15) is 0 Å². The molecule has 0 N–H and O–H groups in total. The molecule has 4 aliphatic carbocycles. The summed E-state index contributed by atoms with van der Waals surface area (Å²) in [6.07, 6.45) is 16.1. The van der Waals surface area contributed by atoms with Crippen LogP contribution in [0.5, 0.6) is 0 Å². The SMILES string of the molecule is CCC1(C)CCC2(C)C3=CC(C)C4(C)CCCC4C3CCC2C1. The zero-order valence-corrected chi connectivity index (χ0v) is 16.3. The van der Waals surface area contributed by atoms with Crippen molar-refractivity contribution < 1.29 is 0 Å². The third kappa shape index (κ3) is 2.15. The van der Waals surface area contributed by atoms with E-state index >= 15 is 0 Å². The van der Waals surface area contributed by atoms with Crippen molar-refractivity contribution in [2.75, 3.05) is 0 Å². The monoisotopic (exact) mass is 314 g/mol. The second-order valence-electron chi connectivity index (χ2n) is 10.6.